The van der Waals surface area contributed by atoms with E-state index in [1.165, 1.54) is 56.9 Å². The van der Waals surface area contributed by atoms with Crippen LogP contribution in [0.2, 0.25) is 0 Å². The molecule has 4 saturated carbocycles. The molecule has 0 aliphatic heterocycles. The third kappa shape index (κ3) is 2.91. The molecule has 3 heteroatoms. The van der Waals surface area contributed by atoms with Gasteiger partial charge < -0.3 is 11.1 Å². The Hall–Kier alpha value is -0.830. The van der Waals surface area contributed by atoms with E-state index in [4.69, 9.17) is 5.73 Å². The van der Waals surface area contributed by atoms with E-state index in [1.807, 2.05) is 0 Å². The largest absolute Gasteiger partial charge is 0.356 e. The van der Waals surface area contributed by atoms with E-state index < -0.39 is 0 Å². The number of carbonyl (C=O) groups is 1. The van der Waals surface area contributed by atoms with E-state index in [9.17, 15) is 4.79 Å². The Bertz CT molecular complexity index is 616. The van der Waals surface area contributed by atoms with Crippen LogP contribution in [0.3, 0.4) is 0 Å². The third-order valence-electron chi connectivity index (χ3n) is 9.49. The van der Waals surface area contributed by atoms with Crippen molar-refractivity contribution in [3.05, 3.63) is 12.2 Å². The molecular formula is C24H40N2O. The summed E-state index contributed by atoms with van der Waals surface area (Å²) in [6, 6.07) is 0. The van der Waals surface area contributed by atoms with Gasteiger partial charge in [0, 0.05) is 12.0 Å². The Labute approximate surface area is 165 Å². The van der Waals surface area contributed by atoms with Crippen LogP contribution in [-0.4, -0.2) is 19.0 Å². The van der Waals surface area contributed by atoms with Crippen LogP contribution in [0.1, 0.15) is 84.5 Å². The monoisotopic (exact) mass is 372 g/mol. The molecule has 3 N–H and O–H groups in total. The van der Waals surface area contributed by atoms with Gasteiger partial charge in [-0.15, -0.1) is 0 Å². The van der Waals surface area contributed by atoms with Gasteiger partial charge in [0.05, 0.1) is 0 Å². The second kappa shape index (κ2) is 6.90. The normalized spacial score (nSPS) is 45.9. The minimum Gasteiger partial charge on any atom is -0.356 e. The molecule has 0 saturated heterocycles. The average Bonchev–Trinajstić information content (AvgIpc) is 2.86. The molecule has 4 fully saturated rings. The van der Waals surface area contributed by atoms with Crippen molar-refractivity contribution < 1.29 is 4.79 Å². The van der Waals surface area contributed by atoms with Crippen LogP contribution in [0.4, 0.5) is 0 Å². The molecule has 4 rings (SSSR count). The maximum Gasteiger partial charge on any atom is 0.226 e. The molecule has 0 aromatic heterocycles. The molecule has 3 nitrogen and oxygen atoms in total. The number of unbranched alkanes of at least 4 members (excludes halogenated alkanes) is 1. The first-order chi connectivity index (χ1) is 12.9. The highest BCUT2D eigenvalue weighted by atomic mass is 16.2. The number of allylic oxidation sites excluding steroid dienone is 1. The Kier molecular flexibility index (Phi) is 4.98. The summed E-state index contributed by atoms with van der Waals surface area (Å²) in [6.45, 7) is 10.8. The lowest BCUT2D eigenvalue weighted by Crippen LogP contribution is -2.59. The molecule has 27 heavy (non-hydrogen) atoms. The molecule has 1 spiro atoms. The van der Waals surface area contributed by atoms with Gasteiger partial charge in [0.25, 0.3) is 0 Å². The first-order valence-corrected chi connectivity index (χ1v) is 11.5. The first-order valence-electron chi connectivity index (χ1n) is 11.5. The van der Waals surface area contributed by atoms with Gasteiger partial charge in [-0.2, -0.15) is 0 Å². The predicted octanol–water partition coefficient (Wildman–Crippen LogP) is 4.81. The summed E-state index contributed by atoms with van der Waals surface area (Å²) >= 11 is 0. The van der Waals surface area contributed by atoms with Gasteiger partial charge in [-0.1, -0.05) is 32.4 Å². The Balaban J connectivity index is 1.55. The summed E-state index contributed by atoms with van der Waals surface area (Å²) in [5.74, 6) is 2.44. The number of nitrogens with two attached hydrogens (primary N) is 1. The lowest BCUT2D eigenvalue weighted by atomic mass is 9.41. The minimum absolute atomic E-state index is 0.191. The summed E-state index contributed by atoms with van der Waals surface area (Å²) in [7, 11) is 0. The van der Waals surface area contributed by atoms with Crippen molar-refractivity contribution in [1.29, 1.82) is 0 Å². The molecule has 4 aliphatic rings. The molecule has 6 atom stereocenters. The number of hydrogen-bond acceptors (Lipinski definition) is 2. The van der Waals surface area contributed by atoms with Gasteiger partial charge in [0.2, 0.25) is 5.91 Å². The number of nitrogens with one attached hydrogen (secondary N) is 1. The lowest BCUT2D eigenvalue weighted by Gasteiger charge is -2.63. The van der Waals surface area contributed by atoms with E-state index in [0.717, 1.165) is 37.6 Å². The van der Waals surface area contributed by atoms with E-state index >= 15 is 0 Å². The van der Waals surface area contributed by atoms with Gasteiger partial charge >= 0.3 is 0 Å². The molecule has 152 valence electrons. The predicted molar refractivity (Wildman–Crippen MR) is 111 cm³/mol. The second-order valence-corrected chi connectivity index (χ2v) is 10.8. The molecule has 0 heterocycles. The van der Waals surface area contributed by atoms with Crippen molar-refractivity contribution in [2.75, 3.05) is 13.1 Å². The summed E-state index contributed by atoms with van der Waals surface area (Å²) in [5.41, 5.74) is 7.79. The van der Waals surface area contributed by atoms with E-state index in [-0.39, 0.29) is 5.41 Å². The number of carbonyl (C=O) groups excluding carboxylic acids is 1. The van der Waals surface area contributed by atoms with Crippen LogP contribution in [-0.2, 0) is 4.79 Å². The maximum absolute atomic E-state index is 13.3. The van der Waals surface area contributed by atoms with Crippen LogP contribution in [0.15, 0.2) is 12.2 Å². The van der Waals surface area contributed by atoms with Crippen molar-refractivity contribution in [3.8, 4) is 0 Å². The topological polar surface area (TPSA) is 55.1 Å². The van der Waals surface area contributed by atoms with Crippen LogP contribution in [0, 0.1) is 34.0 Å². The minimum atomic E-state index is -0.191. The Morgan fingerprint density at radius 2 is 1.96 bits per heavy atom. The maximum atomic E-state index is 13.3. The zero-order valence-corrected chi connectivity index (χ0v) is 17.6. The third-order valence-corrected chi connectivity index (χ3v) is 9.49. The molecule has 0 radical (unpaired) electrons. The first kappa shape index (κ1) is 19.5. The van der Waals surface area contributed by atoms with Crippen LogP contribution >= 0.6 is 0 Å². The Morgan fingerprint density at radius 1 is 1.15 bits per heavy atom. The highest BCUT2D eigenvalue weighted by molar-refractivity contribution is 5.82. The number of fused-ring (bicyclic) bond motifs is 3. The van der Waals surface area contributed by atoms with Crippen molar-refractivity contribution in [3.63, 3.8) is 0 Å². The summed E-state index contributed by atoms with van der Waals surface area (Å²) in [4.78, 5) is 13.3. The van der Waals surface area contributed by atoms with Gasteiger partial charge in [-0.3, -0.25) is 4.79 Å². The molecule has 0 unspecified atom stereocenters. The SMILES string of the molecule is C=C1C[C@@]23CC[C@H]4[C@@](C)(CCC[C@@]4(C)C(=O)NCCCCN)[C@@H]2CC[C@@H]1C3. The fourth-order valence-corrected chi connectivity index (χ4v) is 8.30. The molecule has 1 amide bonds. The summed E-state index contributed by atoms with van der Waals surface area (Å²) in [5, 5.41) is 3.28. The second-order valence-electron chi connectivity index (χ2n) is 10.8. The molecule has 2 bridgehead atoms. The smallest absolute Gasteiger partial charge is 0.226 e. The lowest BCUT2D eigenvalue weighted by molar-refractivity contribution is -0.167. The van der Waals surface area contributed by atoms with Crippen LogP contribution in [0.25, 0.3) is 0 Å². The van der Waals surface area contributed by atoms with Gasteiger partial charge in [-0.05, 0) is 99.3 Å². The van der Waals surface area contributed by atoms with Crippen LogP contribution in [0.5, 0.6) is 0 Å². The fraction of sp³-hybridized carbons (Fsp3) is 0.875. The summed E-state index contributed by atoms with van der Waals surface area (Å²) in [6.07, 6.45) is 13.5. The molecule has 4 aliphatic carbocycles. The highest BCUT2D eigenvalue weighted by Crippen LogP contribution is 2.72. The van der Waals surface area contributed by atoms with E-state index in [1.54, 1.807) is 0 Å². The molecule has 0 aromatic rings. The van der Waals surface area contributed by atoms with Crippen molar-refractivity contribution >= 4 is 5.91 Å². The standard InChI is InChI=1S/C24H40N2O/c1-17-15-24-12-9-19-22(2,20(24)8-7-18(17)16-24)10-6-11-23(19,3)21(27)26-14-5-4-13-25/h18-20H,1,4-16,25H2,2-3H3,(H,26,27)/t18-,19+,20+,22-,23-,24-/m1/s1. The van der Waals surface area contributed by atoms with Crippen molar-refractivity contribution in [2.24, 2.45) is 39.7 Å². The van der Waals surface area contributed by atoms with E-state index in [2.05, 4.69) is 25.7 Å². The van der Waals surface area contributed by atoms with E-state index in [0.29, 0.717) is 29.2 Å². The molecule has 0 aromatic carbocycles. The fourth-order valence-electron chi connectivity index (χ4n) is 8.30. The van der Waals surface area contributed by atoms with Crippen molar-refractivity contribution in [1.82, 2.24) is 5.32 Å². The quantitative estimate of drug-likeness (QED) is 0.537. The van der Waals surface area contributed by atoms with Crippen molar-refractivity contribution in [2.45, 2.75) is 84.5 Å². The van der Waals surface area contributed by atoms with Crippen LogP contribution < -0.4 is 11.1 Å². The summed E-state index contributed by atoms with van der Waals surface area (Å²) < 4.78 is 0. The number of amides is 1. The Morgan fingerprint density at radius 3 is 2.74 bits per heavy atom. The highest BCUT2D eigenvalue weighted by Gasteiger charge is 2.64. The zero-order valence-electron chi connectivity index (χ0n) is 17.6. The van der Waals surface area contributed by atoms with Gasteiger partial charge in [-0.25, -0.2) is 0 Å². The number of hydrogen-bond donors (Lipinski definition) is 2. The number of rotatable bonds is 5. The van der Waals surface area contributed by atoms with Gasteiger partial charge in [0.1, 0.15) is 0 Å². The van der Waals surface area contributed by atoms with Gasteiger partial charge in [0.15, 0.2) is 0 Å². The average molecular weight is 373 g/mol. The zero-order chi connectivity index (χ0) is 19.3. The molecular weight excluding hydrogens is 332 g/mol.